The van der Waals surface area contributed by atoms with Crippen molar-refractivity contribution in [3.05, 3.63) is 53.9 Å². The first-order valence-corrected chi connectivity index (χ1v) is 7.56. The highest BCUT2D eigenvalue weighted by Gasteiger charge is 2.11. The Labute approximate surface area is 138 Å². The fourth-order valence-electron chi connectivity index (χ4n) is 2.24. The second-order valence-corrected chi connectivity index (χ2v) is 5.23. The molecule has 0 aromatic carbocycles. The van der Waals surface area contributed by atoms with Crippen molar-refractivity contribution >= 4 is 11.7 Å². The lowest BCUT2D eigenvalue weighted by molar-refractivity contribution is 0.0953. The minimum absolute atomic E-state index is 0.206. The fraction of sp³-hybridized carbons (Fsp3) is 0.250. The van der Waals surface area contributed by atoms with Gasteiger partial charge in [0.1, 0.15) is 28.8 Å². The van der Waals surface area contributed by atoms with Gasteiger partial charge in [-0.3, -0.25) is 4.79 Å². The van der Waals surface area contributed by atoms with Gasteiger partial charge in [0.2, 0.25) is 0 Å². The second-order valence-electron chi connectivity index (χ2n) is 5.23. The van der Waals surface area contributed by atoms with Crippen molar-refractivity contribution in [1.29, 1.82) is 0 Å². The number of hydrogen-bond donors (Lipinski definition) is 2. The lowest BCUT2D eigenvalue weighted by Crippen LogP contribution is -2.29. The third kappa shape index (κ3) is 3.60. The van der Waals surface area contributed by atoms with Crippen LogP contribution in [0.4, 0.5) is 5.82 Å². The zero-order chi connectivity index (χ0) is 16.9. The third-order valence-corrected chi connectivity index (χ3v) is 3.41. The summed E-state index contributed by atoms with van der Waals surface area (Å²) in [5, 5.41) is 9.58. The molecule has 0 radical (unpaired) electrons. The molecule has 2 N–H and O–H groups in total. The van der Waals surface area contributed by atoms with Crippen LogP contribution in [0.1, 0.15) is 21.9 Å². The van der Waals surface area contributed by atoms with Crippen molar-refractivity contribution in [2.45, 2.75) is 13.8 Å². The van der Waals surface area contributed by atoms with Crippen LogP contribution < -0.4 is 10.6 Å². The molecule has 0 aliphatic carbocycles. The monoisotopic (exact) mass is 326 g/mol. The molecule has 0 aliphatic heterocycles. The standard InChI is InChI=1S/C16H18N6O2/c1-11-13(10-19-24-11)16(23)18-6-5-17-14-9-15(21-12(2)20-14)22-7-3-4-8-22/h3-4,7-10H,5-6H2,1-2H3,(H,18,23)(H,17,20,21). The van der Waals surface area contributed by atoms with Crippen LogP contribution >= 0.6 is 0 Å². The van der Waals surface area contributed by atoms with E-state index in [1.54, 1.807) is 6.92 Å². The first-order chi connectivity index (χ1) is 11.6. The van der Waals surface area contributed by atoms with E-state index in [0.717, 1.165) is 5.82 Å². The van der Waals surface area contributed by atoms with Gasteiger partial charge >= 0.3 is 0 Å². The SMILES string of the molecule is Cc1nc(NCCNC(=O)c2cnoc2C)cc(-n2cccc2)n1. The number of nitrogens with zero attached hydrogens (tertiary/aromatic N) is 4. The van der Waals surface area contributed by atoms with Gasteiger partial charge in [-0.25, -0.2) is 9.97 Å². The molecule has 24 heavy (non-hydrogen) atoms. The number of carbonyl (C=O) groups is 1. The van der Waals surface area contributed by atoms with Crippen LogP contribution in [-0.4, -0.2) is 38.7 Å². The lowest BCUT2D eigenvalue weighted by Gasteiger charge is -2.10. The lowest BCUT2D eigenvalue weighted by atomic mass is 10.2. The molecule has 8 heteroatoms. The van der Waals surface area contributed by atoms with Crippen molar-refractivity contribution in [2.75, 3.05) is 18.4 Å². The maximum atomic E-state index is 11.9. The number of aryl methyl sites for hydroxylation is 2. The van der Waals surface area contributed by atoms with E-state index in [1.165, 1.54) is 6.20 Å². The molecule has 0 saturated heterocycles. The molecule has 0 bridgehead atoms. The van der Waals surface area contributed by atoms with Crippen molar-refractivity contribution in [1.82, 2.24) is 25.0 Å². The van der Waals surface area contributed by atoms with E-state index < -0.39 is 0 Å². The first kappa shape index (κ1) is 15.7. The van der Waals surface area contributed by atoms with E-state index in [4.69, 9.17) is 4.52 Å². The summed E-state index contributed by atoms with van der Waals surface area (Å²) in [5.74, 6) is 2.47. The van der Waals surface area contributed by atoms with E-state index in [9.17, 15) is 4.79 Å². The van der Waals surface area contributed by atoms with Gasteiger partial charge in [0.05, 0.1) is 6.20 Å². The summed E-state index contributed by atoms with van der Waals surface area (Å²) >= 11 is 0. The molecule has 3 heterocycles. The number of anilines is 1. The van der Waals surface area contributed by atoms with E-state index in [-0.39, 0.29) is 5.91 Å². The number of carbonyl (C=O) groups excluding carboxylic acids is 1. The number of nitrogens with one attached hydrogen (secondary N) is 2. The van der Waals surface area contributed by atoms with E-state index in [0.29, 0.717) is 36.1 Å². The van der Waals surface area contributed by atoms with E-state index in [1.807, 2.05) is 42.1 Å². The topological polar surface area (TPSA) is 97.9 Å². The van der Waals surface area contributed by atoms with Crippen LogP contribution in [0.3, 0.4) is 0 Å². The molecule has 0 saturated carbocycles. The van der Waals surface area contributed by atoms with E-state index in [2.05, 4.69) is 25.8 Å². The Kier molecular flexibility index (Phi) is 4.55. The highest BCUT2D eigenvalue weighted by molar-refractivity contribution is 5.94. The number of amides is 1. The maximum Gasteiger partial charge on any atom is 0.256 e. The second kappa shape index (κ2) is 6.95. The van der Waals surface area contributed by atoms with Gasteiger partial charge in [-0.2, -0.15) is 0 Å². The van der Waals surface area contributed by atoms with E-state index >= 15 is 0 Å². The first-order valence-electron chi connectivity index (χ1n) is 7.56. The molecule has 0 unspecified atom stereocenters. The molecular weight excluding hydrogens is 308 g/mol. The van der Waals surface area contributed by atoms with Crippen LogP contribution in [0.5, 0.6) is 0 Å². The summed E-state index contributed by atoms with van der Waals surface area (Å²) in [6, 6.07) is 5.73. The van der Waals surface area contributed by atoms with Crippen molar-refractivity contribution in [2.24, 2.45) is 0 Å². The smallest absolute Gasteiger partial charge is 0.256 e. The summed E-state index contributed by atoms with van der Waals surface area (Å²) in [5.41, 5.74) is 0.447. The van der Waals surface area contributed by atoms with Crippen LogP contribution in [0.2, 0.25) is 0 Å². The quantitative estimate of drug-likeness (QED) is 0.669. The number of rotatable bonds is 6. The van der Waals surface area contributed by atoms with Gasteiger partial charge in [0.15, 0.2) is 0 Å². The van der Waals surface area contributed by atoms with Crippen LogP contribution in [0.25, 0.3) is 5.82 Å². The Hall–Kier alpha value is -3.16. The molecule has 0 fully saturated rings. The van der Waals surface area contributed by atoms with Gasteiger partial charge in [-0.1, -0.05) is 5.16 Å². The zero-order valence-corrected chi connectivity index (χ0v) is 13.5. The van der Waals surface area contributed by atoms with Gasteiger partial charge in [0, 0.05) is 31.5 Å². The fourth-order valence-corrected chi connectivity index (χ4v) is 2.24. The molecule has 1 amide bonds. The Bertz CT molecular complexity index is 825. The summed E-state index contributed by atoms with van der Waals surface area (Å²) in [7, 11) is 0. The van der Waals surface area contributed by atoms with Crippen LogP contribution in [0.15, 0.2) is 41.3 Å². The Balaban J connectivity index is 1.55. The largest absolute Gasteiger partial charge is 0.368 e. The van der Waals surface area contributed by atoms with Crippen molar-refractivity contribution in [3.8, 4) is 5.82 Å². The molecule has 3 aromatic heterocycles. The highest BCUT2D eigenvalue weighted by atomic mass is 16.5. The molecule has 3 aromatic rings. The molecule has 0 aliphatic rings. The van der Waals surface area contributed by atoms with Gasteiger partial charge in [0.25, 0.3) is 5.91 Å². The number of aromatic nitrogens is 4. The third-order valence-electron chi connectivity index (χ3n) is 3.41. The minimum Gasteiger partial charge on any atom is -0.368 e. The minimum atomic E-state index is -0.206. The Morgan fingerprint density at radius 3 is 2.71 bits per heavy atom. The molecule has 8 nitrogen and oxygen atoms in total. The van der Waals surface area contributed by atoms with Crippen molar-refractivity contribution < 1.29 is 9.32 Å². The van der Waals surface area contributed by atoms with Crippen LogP contribution in [0, 0.1) is 13.8 Å². The highest BCUT2D eigenvalue weighted by Crippen LogP contribution is 2.11. The normalized spacial score (nSPS) is 10.6. The summed E-state index contributed by atoms with van der Waals surface area (Å²) in [6.45, 7) is 4.53. The molecule has 124 valence electrons. The van der Waals surface area contributed by atoms with Crippen molar-refractivity contribution in [3.63, 3.8) is 0 Å². The Morgan fingerprint density at radius 2 is 2.00 bits per heavy atom. The molecular formula is C16H18N6O2. The van der Waals surface area contributed by atoms with Gasteiger partial charge in [-0.05, 0) is 26.0 Å². The molecule has 3 rings (SSSR count). The van der Waals surface area contributed by atoms with Crippen LogP contribution in [-0.2, 0) is 0 Å². The summed E-state index contributed by atoms with van der Waals surface area (Å²) in [6.07, 6.45) is 5.26. The average molecular weight is 326 g/mol. The average Bonchev–Trinajstić information content (AvgIpc) is 3.22. The van der Waals surface area contributed by atoms with Gasteiger partial charge in [-0.15, -0.1) is 0 Å². The predicted octanol–water partition coefficient (Wildman–Crippen LogP) is 1.71. The predicted molar refractivity (Wildman–Crippen MR) is 88.2 cm³/mol. The maximum absolute atomic E-state index is 11.9. The molecule has 0 spiro atoms. The summed E-state index contributed by atoms with van der Waals surface area (Å²) < 4.78 is 6.79. The molecule has 0 atom stereocenters. The zero-order valence-electron chi connectivity index (χ0n) is 13.5. The summed E-state index contributed by atoms with van der Waals surface area (Å²) in [4.78, 5) is 20.7. The van der Waals surface area contributed by atoms with Gasteiger partial charge < -0.3 is 19.7 Å². The number of hydrogen-bond acceptors (Lipinski definition) is 6. The Morgan fingerprint density at radius 1 is 1.21 bits per heavy atom.